The Morgan fingerprint density at radius 3 is 2.15 bits per heavy atom. The van der Waals surface area contributed by atoms with Crippen LogP contribution in [0.2, 0.25) is 0 Å². The van der Waals surface area contributed by atoms with Gasteiger partial charge >= 0.3 is 5.97 Å². The van der Waals surface area contributed by atoms with Crippen LogP contribution in [-0.4, -0.2) is 5.97 Å². The van der Waals surface area contributed by atoms with Crippen LogP contribution in [0.4, 0.5) is 0 Å². The minimum absolute atomic E-state index is 0.0185. The summed E-state index contributed by atoms with van der Waals surface area (Å²) < 4.78 is 6.60. The van der Waals surface area contributed by atoms with Crippen molar-refractivity contribution < 1.29 is 14.3 Å². The van der Waals surface area contributed by atoms with Crippen molar-refractivity contribution in [3.8, 4) is 0 Å². The van der Waals surface area contributed by atoms with Crippen molar-refractivity contribution >= 4 is 5.97 Å². The van der Waals surface area contributed by atoms with E-state index in [-0.39, 0.29) is 23.7 Å². The molecule has 2 aliphatic rings. The monoisotopic (exact) mass is 357 g/mol. The highest BCUT2D eigenvalue weighted by Gasteiger charge is 2.71. The van der Waals surface area contributed by atoms with Crippen LogP contribution in [0.5, 0.6) is 0 Å². The predicted molar refractivity (Wildman–Crippen MR) is 99.6 cm³/mol. The third-order valence-corrected chi connectivity index (χ3v) is 6.02. The summed E-state index contributed by atoms with van der Waals surface area (Å²) in [5.74, 6) is -0.487. The summed E-state index contributed by atoms with van der Waals surface area (Å²) >= 11 is 0. The lowest BCUT2D eigenvalue weighted by atomic mass is 9.74. The van der Waals surface area contributed by atoms with Gasteiger partial charge in [-0.05, 0) is 23.1 Å². The van der Waals surface area contributed by atoms with Crippen LogP contribution in [-0.2, 0) is 15.1 Å². The minimum atomic E-state index is -0.860. The SMILES string of the molecule is O=C1O[C@@]2(c3cccc[n+]3[O-])C[C@H](c3ccccc3)[C@@H](c3ccccc3)[C@@H]12. The standard InChI is InChI=1S/C23H19NO3/c25-22-21-20(17-11-5-2-6-12-17)18(16-9-3-1-4-10-16)15-23(21,27-22)19-13-7-8-14-24(19)26/h1-14,18,20-21H,15H2/t18-,20-,21+,23-/m1/s1. The van der Waals surface area contributed by atoms with E-state index < -0.39 is 5.60 Å². The molecule has 1 saturated heterocycles. The number of rotatable bonds is 3. The second-order valence-electron chi connectivity index (χ2n) is 7.36. The molecule has 1 aliphatic carbocycles. The van der Waals surface area contributed by atoms with Gasteiger partial charge in [0.2, 0.25) is 11.3 Å². The van der Waals surface area contributed by atoms with Crippen molar-refractivity contribution in [2.75, 3.05) is 0 Å². The number of pyridine rings is 1. The number of nitrogens with zero attached hydrogens (tertiary/aromatic N) is 1. The fourth-order valence-electron chi connectivity index (χ4n) is 4.93. The van der Waals surface area contributed by atoms with E-state index in [0.29, 0.717) is 12.1 Å². The van der Waals surface area contributed by atoms with Crippen molar-refractivity contribution in [1.82, 2.24) is 0 Å². The van der Waals surface area contributed by atoms with Crippen LogP contribution >= 0.6 is 0 Å². The molecular formula is C23H19NO3. The molecule has 1 aromatic heterocycles. The Labute approximate surface area is 157 Å². The van der Waals surface area contributed by atoms with E-state index in [4.69, 9.17) is 4.74 Å². The Kier molecular flexibility index (Phi) is 3.54. The predicted octanol–water partition coefficient (Wildman–Crippen LogP) is 3.66. The van der Waals surface area contributed by atoms with Crippen molar-refractivity contribution in [2.45, 2.75) is 23.9 Å². The largest absolute Gasteiger partial charge is 0.618 e. The fourth-order valence-corrected chi connectivity index (χ4v) is 4.93. The first-order chi connectivity index (χ1) is 13.2. The zero-order valence-corrected chi connectivity index (χ0v) is 14.7. The molecule has 1 aliphatic heterocycles. The summed E-state index contributed by atoms with van der Waals surface area (Å²) in [5.41, 5.74) is 1.95. The lowest BCUT2D eigenvalue weighted by Gasteiger charge is -2.42. The molecule has 134 valence electrons. The molecule has 0 bridgehead atoms. The van der Waals surface area contributed by atoms with Crippen LogP contribution in [0.25, 0.3) is 0 Å². The number of carbonyl (C=O) groups is 1. The summed E-state index contributed by atoms with van der Waals surface area (Å²) in [6.07, 6.45) is 2.08. The van der Waals surface area contributed by atoms with Crippen molar-refractivity contribution in [1.29, 1.82) is 0 Å². The van der Waals surface area contributed by atoms with Crippen molar-refractivity contribution in [2.24, 2.45) is 5.92 Å². The average Bonchev–Trinajstić information content (AvgIpc) is 2.99. The summed E-state index contributed by atoms with van der Waals surface area (Å²) in [7, 11) is 0. The maximum Gasteiger partial charge on any atom is 0.315 e. The first kappa shape index (κ1) is 16.1. The molecule has 0 unspecified atom stereocenters. The van der Waals surface area contributed by atoms with E-state index in [1.54, 1.807) is 12.1 Å². The molecule has 2 heterocycles. The molecule has 0 radical (unpaired) electrons. The highest BCUT2D eigenvalue weighted by atomic mass is 16.6. The Morgan fingerprint density at radius 2 is 1.52 bits per heavy atom. The minimum Gasteiger partial charge on any atom is -0.618 e. The van der Waals surface area contributed by atoms with Gasteiger partial charge in [-0.3, -0.25) is 4.79 Å². The lowest BCUT2D eigenvalue weighted by Crippen LogP contribution is -2.57. The molecule has 3 aromatic rings. The number of carbonyl (C=O) groups excluding carboxylic acids is 1. The normalized spacial score (nSPS) is 28.9. The first-order valence-corrected chi connectivity index (χ1v) is 9.22. The van der Waals surface area contributed by atoms with Gasteiger partial charge < -0.3 is 9.94 Å². The van der Waals surface area contributed by atoms with Gasteiger partial charge in [0, 0.05) is 24.5 Å². The van der Waals surface area contributed by atoms with Gasteiger partial charge in [-0.1, -0.05) is 60.7 Å². The van der Waals surface area contributed by atoms with Gasteiger partial charge in [-0.25, -0.2) is 0 Å². The van der Waals surface area contributed by atoms with Gasteiger partial charge in [0.15, 0.2) is 6.20 Å². The lowest BCUT2D eigenvalue weighted by molar-refractivity contribution is -0.625. The van der Waals surface area contributed by atoms with Crippen LogP contribution in [0.15, 0.2) is 85.1 Å². The van der Waals surface area contributed by atoms with Gasteiger partial charge in [0.05, 0.1) is 0 Å². The molecule has 4 heteroatoms. The Hall–Kier alpha value is -3.14. The van der Waals surface area contributed by atoms with Crippen LogP contribution in [0.1, 0.15) is 35.1 Å². The van der Waals surface area contributed by atoms with E-state index in [1.165, 1.54) is 11.8 Å². The topological polar surface area (TPSA) is 53.2 Å². The van der Waals surface area contributed by atoms with E-state index in [9.17, 15) is 10.0 Å². The zero-order valence-electron chi connectivity index (χ0n) is 14.7. The summed E-state index contributed by atoms with van der Waals surface area (Å²) in [6.45, 7) is 0. The first-order valence-electron chi connectivity index (χ1n) is 9.22. The number of esters is 1. The summed E-state index contributed by atoms with van der Waals surface area (Å²) in [5, 5.41) is 12.5. The number of ether oxygens (including phenoxy) is 1. The second kappa shape index (κ2) is 5.95. The average molecular weight is 357 g/mol. The molecule has 0 spiro atoms. The van der Waals surface area contributed by atoms with Crippen LogP contribution in [0.3, 0.4) is 0 Å². The molecule has 4 atom stereocenters. The number of fused-ring (bicyclic) bond motifs is 1. The molecule has 27 heavy (non-hydrogen) atoms. The van der Waals surface area contributed by atoms with Gasteiger partial charge in [-0.15, -0.1) is 0 Å². The number of aromatic nitrogens is 1. The quantitative estimate of drug-likeness (QED) is 0.408. The van der Waals surface area contributed by atoms with Crippen molar-refractivity contribution in [3.05, 3.63) is 107 Å². The molecule has 5 rings (SSSR count). The van der Waals surface area contributed by atoms with Gasteiger partial charge in [-0.2, -0.15) is 4.73 Å². The molecule has 0 N–H and O–H groups in total. The molecule has 4 nitrogen and oxygen atoms in total. The third-order valence-electron chi connectivity index (χ3n) is 6.02. The third kappa shape index (κ3) is 2.29. The second-order valence-corrected chi connectivity index (χ2v) is 7.36. The number of hydrogen-bond acceptors (Lipinski definition) is 3. The Bertz CT molecular complexity index is 989. The molecule has 1 saturated carbocycles. The molecular weight excluding hydrogens is 338 g/mol. The fraction of sp³-hybridized carbons (Fsp3) is 0.217. The highest BCUT2D eigenvalue weighted by molar-refractivity contribution is 5.83. The van der Waals surface area contributed by atoms with E-state index >= 15 is 0 Å². The summed E-state index contributed by atoms with van der Waals surface area (Å²) in [6, 6.07) is 25.6. The molecule has 2 fully saturated rings. The molecule has 0 amide bonds. The van der Waals surface area contributed by atoms with E-state index in [0.717, 1.165) is 10.3 Å². The van der Waals surface area contributed by atoms with E-state index in [2.05, 4.69) is 24.3 Å². The number of hydrogen-bond donors (Lipinski definition) is 0. The highest BCUT2D eigenvalue weighted by Crippen LogP contribution is 2.64. The van der Waals surface area contributed by atoms with Crippen LogP contribution in [0, 0.1) is 11.1 Å². The van der Waals surface area contributed by atoms with Gasteiger partial charge in [0.25, 0.3) is 0 Å². The summed E-state index contributed by atoms with van der Waals surface area (Å²) in [4.78, 5) is 12.6. The van der Waals surface area contributed by atoms with Gasteiger partial charge in [0.1, 0.15) is 5.92 Å². The Morgan fingerprint density at radius 1 is 0.889 bits per heavy atom. The maximum absolute atomic E-state index is 12.6. The number of benzene rings is 2. The smallest absolute Gasteiger partial charge is 0.315 e. The van der Waals surface area contributed by atoms with E-state index in [1.807, 2.05) is 42.5 Å². The van der Waals surface area contributed by atoms with Crippen molar-refractivity contribution in [3.63, 3.8) is 0 Å². The Balaban J connectivity index is 1.68. The van der Waals surface area contributed by atoms with Crippen LogP contribution < -0.4 is 4.73 Å². The molecule has 2 aromatic carbocycles. The zero-order chi connectivity index (χ0) is 18.4. The maximum atomic E-state index is 12.6.